The Kier molecular flexibility index (Phi) is 2.43. The van der Waals surface area contributed by atoms with E-state index in [4.69, 9.17) is 0 Å². The molecule has 4 rings (SSSR count). The Balaban J connectivity index is 1.76. The molecular formula is C15H24O. The van der Waals surface area contributed by atoms with Gasteiger partial charge in [-0.25, -0.2) is 0 Å². The summed E-state index contributed by atoms with van der Waals surface area (Å²) in [6, 6.07) is 0. The predicted molar refractivity (Wildman–Crippen MR) is 66.0 cm³/mol. The minimum absolute atomic E-state index is 0.253. The van der Waals surface area contributed by atoms with Crippen LogP contribution in [0.2, 0.25) is 0 Å². The summed E-state index contributed by atoms with van der Waals surface area (Å²) in [6.45, 7) is 5.87. The van der Waals surface area contributed by atoms with Crippen molar-refractivity contribution in [2.75, 3.05) is 0 Å². The summed E-state index contributed by atoms with van der Waals surface area (Å²) in [4.78, 5) is 0. The highest BCUT2D eigenvalue weighted by molar-refractivity contribution is 5.06. The van der Waals surface area contributed by atoms with Crippen molar-refractivity contribution >= 4 is 0 Å². The first kappa shape index (κ1) is 10.8. The van der Waals surface area contributed by atoms with Gasteiger partial charge in [0, 0.05) is 0 Å². The predicted octanol–water partition coefficient (Wildman–Crippen LogP) is 3.53. The van der Waals surface area contributed by atoms with Crippen molar-refractivity contribution in [2.45, 2.75) is 58.0 Å². The maximum absolute atomic E-state index is 10.1. The highest BCUT2D eigenvalue weighted by Gasteiger charge is 2.51. The van der Waals surface area contributed by atoms with Gasteiger partial charge in [0.05, 0.1) is 6.10 Å². The van der Waals surface area contributed by atoms with Crippen molar-refractivity contribution in [3.63, 3.8) is 0 Å². The molecule has 0 aromatic carbocycles. The molecule has 4 aliphatic carbocycles. The zero-order valence-electron chi connectivity index (χ0n) is 10.4. The lowest BCUT2D eigenvalue weighted by Crippen LogP contribution is -2.47. The molecule has 16 heavy (non-hydrogen) atoms. The molecule has 1 nitrogen and oxygen atoms in total. The number of hydrogen-bond donors (Lipinski definition) is 1. The van der Waals surface area contributed by atoms with E-state index in [1.807, 2.05) is 6.92 Å². The second-order valence-corrected chi connectivity index (χ2v) is 6.98. The molecule has 4 bridgehead atoms. The molecule has 0 spiro atoms. The molecule has 1 N–H and O–H groups in total. The van der Waals surface area contributed by atoms with Gasteiger partial charge < -0.3 is 5.11 Å². The summed E-state index contributed by atoms with van der Waals surface area (Å²) >= 11 is 0. The van der Waals surface area contributed by atoms with Crippen molar-refractivity contribution in [2.24, 2.45) is 23.2 Å². The van der Waals surface area contributed by atoms with Gasteiger partial charge in [-0.05, 0) is 75.0 Å². The van der Waals surface area contributed by atoms with Gasteiger partial charge in [0.2, 0.25) is 0 Å². The van der Waals surface area contributed by atoms with Gasteiger partial charge in [0.1, 0.15) is 0 Å². The van der Waals surface area contributed by atoms with E-state index < -0.39 is 0 Å². The van der Waals surface area contributed by atoms with E-state index in [0.29, 0.717) is 5.41 Å². The fourth-order valence-corrected chi connectivity index (χ4v) is 5.12. The third-order valence-electron chi connectivity index (χ3n) is 5.36. The average Bonchev–Trinajstić information content (AvgIpc) is 2.13. The SMILES string of the molecule is C=C(C)C(O)CC12CC3CC(CC(C3)C1)C2. The van der Waals surface area contributed by atoms with Crippen LogP contribution in [0.3, 0.4) is 0 Å². The minimum atomic E-state index is -0.253. The van der Waals surface area contributed by atoms with E-state index in [-0.39, 0.29) is 6.10 Å². The third kappa shape index (κ3) is 1.73. The van der Waals surface area contributed by atoms with E-state index in [1.54, 1.807) is 0 Å². The minimum Gasteiger partial charge on any atom is -0.389 e. The second kappa shape index (κ2) is 3.60. The maximum atomic E-state index is 10.1. The molecule has 0 aliphatic heterocycles. The standard InChI is InChI=1S/C15H24O/c1-10(2)14(16)9-15-6-11-3-12(7-15)5-13(4-11)8-15/h11-14,16H,1,3-9H2,2H3. The molecule has 4 fully saturated rings. The quantitative estimate of drug-likeness (QED) is 0.721. The topological polar surface area (TPSA) is 20.2 Å². The van der Waals surface area contributed by atoms with E-state index in [2.05, 4.69) is 6.58 Å². The lowest BCUT2D eigenvalue weighted by atomic mass is 9.48. The molecule has 1 heteroatoms. The Morgan fingerprint density at radius 1 is 1.19 bits per heavy atom. The van der Waals surface area contributed by atoms with Crippen LogP contribution in [-0.4, -0.2) is 11.2 Å². The number of aliphatic hydroxyl groups is 1. The largest absolute Gasteiger partial charge is 0.389 e. The van der Waals surface area contributed by atoms with Gasteiger partial charge in [-0.15, -0.1) is 0 Å². The molecule has 0 saturated heterocycles. The number of rotatable bonds is 3. The Morgan fingerprint density at radius 2 is 1.62 bits per heavy atom. The summed E-state index contributed by atoms with van der Waals surface area (Å²) in [6.07, 6.45) is 9.38. The van der Waals surface area contributed by atoms with Crippen LogP contribution in [0.1, 0.15) is 51.9 Å². The average molecular weight is 220 g/mol. The molecule has 1 unspecified atom stereocenters. The zero-order chi connectivity index (χ0) is 11.3. The van der Waals surface area contributed by atoms with Crippen molar-refractivity contribution in [3.05, 3.63) is 12.2 Å². The van der Waals surface area contributed by atoms with Crippen molar-refractivity contribution < 1.29 is 5.11 Å². The fourth-order valence-electron chi connectivity index (χ4n) is 5.12. The van der Waals surface area contributed by atoms with Gasteiger partial charge in [0.15, 0.2) is 0 Å². The van der Waals surface area contributed by atoms with Gasteiger partial charge in [-0.2, -0.15) is 0 Å². The molecule has 4 aliphatic rings. The summed E-state index contributed by atoms with van der Waals surface area (Å²) in [7, 11) is 0. The summed E-state index contributed by atoms with van der Waals surface area (Å²) in [5.74, 6) is 2.97. The maximum Gasteiger partial charge on any atom is 0.0750 e. The van der Waals surface area contributed by atoms with Gasteiger partial charge in [-0.1, -0.05) is 12.2 Å². The van der Waals surface area contributed by atoms with Gasteiger partial charge in [-0.3, -0.25) is 0 Å². The highest BCUT2D eigenvalue weighted by Crippen LogP contribution is 2.61. The Hall–Kier alpha value is -0.300. The molecule has 1 atom stereocenters. The van der Waals surface area contributed by atoms with Crippen LogP contribution >= 0.6 is 0 Å². The highest BCUT2D eigenvalue weighted by atomic mass is 16.3. The van der Waals surface area contributed by atoms with Crippen LogP contribution in [0.4, 0.5) is 0 Å². The lowest BCUT2D eigenvalue weighted by molar-refractivity contribution is -0.0716. The normalized spacial score (nSPS) is 47.0. The number of aliphatic hydroxyl groups excluding tert-OH is 1. The molecule has 0 aromatic heterocycles. The first-order valence-corrected chi connectivity index (χ1v) is 6.90. The van der Waals surface area contributed by atoms with Crippen LogP contribution in [0.15, 0.2) is 12.2 Å². The Labute approximate surface area is 98.9 Å². The second-order valence-electron chi connectivity index (χ2n) is 6.98. The smallest absolute Gasteiger partial charge is 0.0750 e. The Bertz CT molecular complexity index is 269. The molecule has 0 aromatic rings. The van der Waals surface area contributed by atoms with E-state index >= 15 is 0 Å². The van der Waals surface area contributed by atoms with Crippen molar-refractivity contribution in [1.82, 2.24) is 0 Å². The molecule has 0 radical (unpaired) electrons. The first-order valence-electron chi connectivity index (χ1n) is 6.90. The summed E-state index contributed by atoms with van der Waals surface area (Å²) < 4.78 is 0. The number of hydrogen-bond acceptors (Lipinski definition) is 1. The molecular weight excluding hydrogens is 196 g/mol. The van der Waals surface area contributed by atoms with E-state index in [1.165, 1.54) is 38.5 Å². The van der Waals surface area contributed by atoms with Crippen LogP contribution in [0.5, 0.6) is 0 Å². The third-order valence-corrected chi connectivity index (χ3v) is 5.36. The van der Waals surface area contributed by atoms with E-state index in [9.17, 15) is 5.11 Å². The molecule has 4 saturated carbocycles. The summed E-state index contributed by atoms with van der Waals surface area (Å²) in [5.41, 5.74) is 1.45. The van der Waals surface area contributed by atoms with Gasteiger partial charge in [0.25, 0.3) is 0 Å². The van der Waals surface area contributed by atoms with Crippen molar-refractivity contribution in [3.8, 4) is 0 Å². The first-order chi connectivity index (χ1) is 7.56. The van der Waals surface area contributed by atoms with Crippen LogP contribution in [-0.2, 0) is 0 Å². The lowest BCUT2D eigenvalue weighted by Gasteiger charge is -2.57. The van der Waals surface area contributed by atoms with Crippen LogP contribution in [0.25, 0.3) is 0 Å². The van der Waals surface area contributed by atoms with E-state index in [0.717, 1.165) is 29.7 Å². The van der Waals surface area contributed by atoms with Gasteiger partial charge >= 0.3 is 0 Å². The van der Waals surface area contributed by atoms with Crippen LogP contribution < -0.4 is 0 Å². The Morgan fingerprint density at radius 3 is 2.00 bits per heavy atom. The molecule has 0 heterocycles. The monoisotopic (exact) mass is 220 g/mol. The molecule has 0 amide bonds. The zero-order valence-corrected chi connectivity index (χ0v) is 10.4. The fraction of sp³-hybridized carbons (Fsp3) is 0.867. The summed E-state index contributed by atoms with van der Waals surface area (Å²) in [5, 5.41) is 10.1. The van der Waals surface area contributed by atoms with Crippen molar-refractivity contribution in [1.29, 1.82) is 0 Å². The van der Waals surface area contributed by atoms with Crippen LogP contribution in [0, 0.1) is 23.2 Å². The molecule has 90 valence electrons.